The number of pyridine rings is 1. The molecule has 1 aromatic heterocycles. The third kappa shape index (κ3) is 3.85. The SMILES string of the molecule is CC(C)(C)OC(=O)N1CCC(c2cncc(O)c2)CC1. The largest absolute Gasteiger partial charge is 0.506 e. The van der Waals surface area contributed by atoms with Gasteiger partial charge in [0.05, 0.1) is 6.20 Å². The Morgan fingerprint density at radius 3 is 2.55 bits per heavy atom. The van der Waals surface area contributed by atoms with Crippen LogP contribution in [0.2, 0.25) is 0 Å². The first kappa shape index (κ1) is 14.6. The quantitative estimate of drug-likeness (QED) is 0.858. The molecule has 0 aliphatic carbocycles. The number of carbonyl (C=O) groups is 1. The number of aromatic hydroxyl groups is 1. The lowest BCUT2D eigenvalue weighted by atomic mass is 9.90. The Bertz CT molecular complexity index is 474. The number of nitrogens with zero attached hydrogens (tertiary/aromatic N) is 2. The second-order valence-corrected chi connectivity index (χ2v) is 6.22. The molecule has 0 unspecified atom stereocenters. The van der Waals surface area contributed by atoms with Gasteiger partial charge in [-0.05, 0) is 51.2 Å². The summed E-state index contributed by atoms with van der Waals surface area (Å²) in [6.07, 6.45) is 4.70. The van der Waals surface area contributed by atoms with Crippen LogP contribution in [0.3, 0.4) is 0 Å². The van der Waals surface area contributed by atoms with Crippen molar-refractivity contribution in [1.82, 2.24) is 9.88 Å². The molecular formula is C15H22N2O3. The predicted octanol–water partition coefficient (Wildman–Crippen LogP) is 2.90. The number of amides is 1. The van der Waals surface area contributed by atoms with Crippen molar-refractivity contribution in [3.8, 4) is 5.75 Å². The lowest BCUT2D eigenvalue weighted by molar-refractivity contribution is 0.0204. The van der Waals surface area contributed by atoms with Crippen LogP contribution in [0.4, 0.5) is 4.79 Å². The average Bonchev–Trinajstić information content (AvgIpc) is 2.37. The molecule has 0 radical (unpaired) electrons. The van der Waals surface area contributed by atoms with E-state index in [1.807, 2.05) is 20.8 Å². The molecule has 5 nitrogen and oxygen atoms in total. The number of rotatable bonds is 1. The van der Waals surface area contributed by atoms with Crippen molar-refractivity contribution in [3.63, 3.8) is 0 Å². The van der Waals surface area contributed by atoms with Gasteiger partial charge < -0.3 is 14.7 Å². The first-order valence-corrected chi connectivity index (χ1v) is 6.97. The zero-order chi connectivity index (χ0) is 14.8. The summed E-state index contributed by atoms with van der Waals surface area (Å²) < 4.78 is 5.37. The summed E-state index contributed by atoms with van der Waals surface area (Å²) in [4.78, 5) is 17.7. The molecule has 1 aliphatic rings. The van der Waals surface area contributed by atoms with E-state index in [9.17, 15) is 9.90 Å². The highest BCUT2D eigenvalue weighted by molar-refractivity contribution is 5.68. The van der Waals surface area contributed by atoms with Gasteiger partial charge in [-0.2, -0.15) is 0 Å². The van der Waals surface area contributed by atoms with Gasteiger partial charge in [-0.25, -0.2) is 4.79 Å². The Hall–Kier alpha value is -1.78. The molecule has 2 rings (SSSR count). The average molecular weight is 278 g/mol. The molecule has 0 saturated carbocycles. The Labute approximate surface area is 119 Å². The summed E-state index contributed by atoms with van der Waals surface area (Å²) in [5.41, 5.74) is 0.581. The maximum atomic E-state index is 12.0. The molecular weight excluding hydrogens is 256 g/mol. The zero-order valence-corrected chi connectivity index (χ0v) is 12.3. The van der Waals surface area contributed by atoms with Crippen LogP contribution in [0.15, 0.2) is 18.5 Å². The van der Waals surface area contributed by atoms with Gasteiger partial charge in [-0.1, -0.05) is 0 Å². The van der Waals surface area contributed by atoms with E-state index in [-0.39, 0.29) is 11.8 Å². The van der Waals surface area contributed by atoms with E-state index < -0.39 is 5.60 Å². The number of likely N-dealkylation sites (tertiary alicyclic amines) is 1. The monoisotopic (exact) mass is 278 g/mol. The first-order valence-electron chi connectivity index (χ1n) is 6.97. The minimum absolute atomic E-state index is 0.192. The third-order valence-electron chi connectivity index (χ3n) is 3.36. The molecule has 1 N–H and O–H groups in total. The molecule has 1 aromatic rings. The zero-order valence-electron chi connectivity index (χ0n) is 12.3. The van der Waals surface area contributed by atoms with Crippen LogP contribution in [-0.4, -0.2) is 39.8 Å². The molecule has 1 fully saturated rings. The summed E-state index contributed by atoms with van der Waals surface area (Å²) in [6, 6.07) is 1.75. The molecule has 1 saturated heterocycles. The fraction of sp³-hybridized carbons (Fsp3) is 0.600. The van der Waals surface area contributed by atoms with Gasteiger partial charge in [0.25, 0.3) is 0 Å². The van der Waals surface area contributed by atoms with Gasteiger partial charge in [0, 0.05) is 19.3 Å². The minimum atomic E-state index is -0.455. The smallest absolute Gasteiger partial charge is 0.410 e. The van der Waals surface area contributed by atoms with E-state index in [4.69, 9.17) is 4.74 Å². The fourth-order valence-electron chi connectivity index (χ4n) is 2.39. The summed E-state index contributed by atoms with van der Waals surface area (Å²) in [5, 5.41) is 9.46. The van der Waals surface area contributed by atoms with Crippen molar-refractivity contribution in [2.45, 2.75) is 45.1 Å². The third-order valence-corrected chi connectivity index (χ3v) is 3.36. The van der Waals surface area contributed by atoms with E-state index in [0.29, 0.717) is 19.0 Å². The summed E-state index contributed by atoms with van der Waals surface area (Å²) in [6.45, 7) is 6.96. The number of carbonyl (C=O) groups excluding carboxylic acids is 1. The second kappa shape index (κ2) is 5.69. The van der Waals surface area contributed by atoms with Crippen LogP contribution in [-0.2, 0) is 4.74 Å². The number of hydrogen-bond acceptors (Lipinski definition) is 4. The second-order valence-electron chi connectivity index (χ2n) is 6.22. The predicted molar refractivity (Wildman–Crippen MR) is 75.7 cm³/mol. The van der Waals surface area contributed by atoms with Crippen molar-refractivity contribution in [3.05, 3.63) is 24.0 Å². The number of hydrogen-bond donors (Lipinski definition) is 1. The Kier molecular flexibility index (Phi) is 4.16. The summed E-state index contributed by atoms with van der Waals surface area (Å²) in [7, 11) is 0. The van der Waals surface area contributed by atoms with Crippen LogP contribution in [0.25, 0.3) is 0 Å². The van der Waals surface area contributed by atoms with Crippen molar-refractivity contribution in [2.24, 2.45) is 0 Å². The van der Waals surface area contributed by atoms with E-state index in [1.54, 1.807) is 17.2 Å². The Morgan fingerprint density at radius 1 is 1.35 bits per heavy atom. The molecule has 0 atom stereocenters. The number of piperidine rings is 1. The van der Waals surface area contributed by atoms with Gasteiger partial charge in [0.15, 0.2) is 0 Å². The molecule has 1 aliphatic heterocycles. The Balaban J connectivity index is 1.91. The Morgan fingerprint density at radius 2 is 2.00 bits per heavy atom. The molecule has 110 valence electrons. The number of ether oxygens (including phenoxy) is 1. The van der Waals surface area contributed by atoms with Crippen LogP contribution in [0.5, 0.6) is 5.75 Å². The van der Waals surface area contributed by atoms with Crippen molar-refractivity contribution >= 4 is 6.09 Å². The van der Waals surface area contributed by atoms with Crippen molar-refractivity contribution < 1.29 is 14.6 Å². The first-order chi connectivity index (χ1) is 9.35. The highest BCUT2D eigenvalue weighted by Gasteiger charge is 2.27. The topological polar surface area (TPSA) is 62.7 Å². The van der Waals surface area contributed by atoms with Crippen molar-refractivity contribution in [2.75, 3.05) is 13.1 Å². The molecule has 0 bridgehead atoms. The van der Waals surface area contributed by atoms with Crippen LogP contribution in [0.1, 0.15) is 45.1 Å². The van der Waals surface area contributed by atoms with Gasteiger partial charge in [-0.3, -0.25) is 4.98 Å². The maximum absolute atomic E-state index is 12.0. The van der Waals surface area contributed by atoms with E-state index in [1.165, 1.54) is 6.20 Å². The number of aromatic nitrogens is 1. The van der Waals surface area contributed by atoms with Crippen LogP contribution in [0, 0.1) is 0 Å². The lowest BCUT2D eigenvalue weighted by Gasteiger charge is -2.33. The standard InChI is InChI=1S/C15H22N2O3/c1-15(2,3)20-14(19)17-6-4-11(5-7-17)12-8-13(18)10-16-9-12/h8-11,18H,4-7H2,1-3H3. The van der Waals surface area contributed by atoms with E-state index >= 15 is 0 Å². The van der Waals surface area contributed by atoms with E-state index in [0.717, 1.165) is 18.4 Å². The van der Waals surface area contributed by atoms with Gasteiger partial charge in [0.1, 0.15) is 11.4 Å². The maximum Gasteiger partial charge on any atom is 0.410 e. The lowest BCUT2D eigenvalue weighted by Crippen LogP contribution is -2.41. The van der Waals surface area contributed by atoms with E-state index in [2.05, 4.69) is 4.98 Å². The normalized spacial score (nSPS) is 17.1. The highest BCUT2D eigenvalue weighted by atomic mass is 16.6. The highest BCUT2D eigenvalue weighted by Crippen LogP contribution is 2.29. The van der Waals surface area contributed by atoms with Crippen LogP contribution >= 0.6 is 0 Å². The molecule has 2 heterocycles. The fourth-order valence-corrected chi connectivity index (χ4v) is 2.39. The van der Waals surface area contributed by atoms with Gasteiger partial charge in [0.2, 0.25) is 0 Å². The molecule has 5 heteroatoms. The van der Waals surface area contributed by atoms with Crippen molar-refractivity contribution in [1.29, 1.82) is 0 Å². The summed E-state index contributed by atoms with van der Waals surface area (Å²) in [5.74, 6) is 0.533. The molecule has 20 heavy (non-hydrogen) atoms. The minimum Gasteiger partial charge on any atom is -0.506 e. The van der Waals surface area contributed by atoms with Gasteiger partial charge in [-0.15, -0.1) is 0 Å². The summed E-state index contributed by atoms with van der Waals surface area (Å²) >= 11 is 0. The molecule has 0 aromatic carbocycles. The van der Waals surface area contributed by atoms with Crippen LogP contribution < -0.4 is 0 Å². The molecule has 0 spiro atoms. The van der Waals surface area contributed by atoms with Gasteiger partial charge >= 0.3 is 6.09 Å². The molecule has 1 amide bonds.